The third-order valence-electron chi connectivity index (χ3n) is 5.37. The number of piperazine rings is 1. The molecule has 0 bridgehead atoms. The van der Waals surface area contributed by atoms with E-state index in [2.05, 4.69) is 20.5 Å². The molecular weight excluding hydrogens is 371 g/mol. The van der Waals surface area contributed by atoms with E-state index in [1.165, 1.54) is 6.07 Å². The number of piperidine rings is 1. The highest BCUT2D eigenvalue weighted by molar-refractivity contribution is 5.76. The lowest BCUT2D eigenvalue weighted by Gasteiger charge is -2.33. The smallest absolute Gasteiger partial charge is 0.367 e. The normalized spacial score (nSPS) is 19.6. The Morgan fingerprint density at radius 3 is 2.50 bits per heavy atom. The molecule has 2 N–H and O–H groups in total. The van der Waals surface area contributed by atoms with Crippen molar-refractivity contribution >= 4 is 11.7 Å². The molecule has 0 aliphatic carbocycles. The van der Waals surface area contributed by atoms with E-state index >= 15 is 0 Å². The fourth-order valence-electron chi connectivity index (χ4n) is 3.68. The van der Waals surface area contributed by atoms with Crippen molar-refractivity contribution in [1.82, 2.24) is 20.1 Å². The molecule has 1 aromatic heterocycles. The molecule has 0 unspecified atom stereocenters. The molecule has 1 amide bonds. The number of amides is 1. The Bertz CT molecular complexity index is 623. The summed E-state index contributed by atoms with van der Waals surface area (Å²) in [6.45, 7) is 6.43. The zero-order valence-corrected chi connectivity index (χ0v) is 16.0. The molecule has 3 rings (SSSR count). The van der Waals surface area contributed by atoms with Gasteiger partial charge in [-0.1, -0.05) is 0 Å². The van der Waals surface area contributed by atoms with Crippen molar-refractivity contribution in [2.45, 2.75) is 37.9 Å². The topological polar surface area (TPSA) is 60.5 Å². The summed E-state index contributed by atoms with van der Waals surface area (Å²) in [4.78, 5) is 20.5. The average molecular weight is 399 g/mol. The van der Waals surface area contributed by atoms with Crippen LogP contribution in [0.4, 0.5) is 19.0 Å². The van der Waals surface area contributed by atoms with Crippen LogP contribution in [0.3, 0.4) is 0 Å². The molecule has 3 heterocycles. The van der Waals surface area contributed by atoms with Crippen molar-refractivity contribution in [3.63, 3.8) is 0 Å². The minimum Gasteiger partial charge on any atom is -0.367 e. The highest BCUT2D eigenvalue weighted by atomic mass is 19.4. The number of carbonyl (C=O) groups excluding carboxylic acids is 1. The molecule has 2 fully saturated rings. The molecule has 9 heteroatoms. The van der Waals surface area contributed by atoms with Gasteiger partial charge in [0.2, 0.25) is 5.91 Å². The molecule has 0 aromatic carbocycles. The third-order valence-corrected chi connectivity index (χ3v) is 5.37. The molecular formula is C19H28F3N5O. The number of nitrogens with one attached hydrogen (secondary N) is 2. The molecule has 0 radical (unpaired) electrons. The van der Waals surface area contributed by atoms with E-state index in [-0.39, 0.29) is 11.9 Å². The highest BCUT2D eigenvalue weighted by Gasteiger charge is 2.31. The number of hydrogen-bond acceptors (Lipinski definition) is 5. The summed E-state index contributed by atoms with van der Waals surface area (Å²) in [6.07, 6.45) is -0.533. The number of halogens is 3. The first kappa shape index (κ1) is 20.9. The number of carbonyl (C=O) groups is 1. The minimum absolute atomic E-state index is 0.120. The molecule has 0 saturated carbocycles. The largest absolute Gasteiger partial charge is 0.417 e. The Morgan fingerprint density at radius 2 is 1.89 bits per heavy atom. The van der Waals surface area contributed by atoms with E-state index in [0.717, 1.165) is 64.2 Å². The summed E-state index contributed by atoms with van der Waals surface area (Å²) in [5, 5.41) is 6.50. The van der Waals surface area contributed by atoms with Crippen LogP contribution in [0, 0.1) is 0 Å². The molecule has 156 valence electrons. The minimum atomic E-state index is -4.37. The Morgan fingerprint density at radius 1 is 1.18 bits per heavy atom. The first-order chi connectivity index (χ1) is 13.4. The van der Waals surface area contributed by atoms with Crippen molar-refractivity contribution in [2.24, 2.45) is 0 Å². The molecule has 28 heavy (non-hydrogen) atoms. The van der Waals surface area contributed by atoms with Crippen LogP contribution in [0.1, 0.15) is 31.2 Å². The summed E-state index contributed by atoms with van der Waals surface area (Å²) in [7, 11) is 0. The maximum absolute atomic E-state index is 12.6. The summed E-state index contributed by atoms with van der Waals surface area (Å²) >= 11 is 0. The van der Waals surface area contributed by atoms with Crippen LogP contribution in [0.25, 0.3) is 0 Å². The van der Waals surface area contributed by atoms with Crippen LogP contribution >= 0.6 is 0 Å². The van der Waals surface area contributed by atoms with Gasteiger partial charge in [-0.3, -0.25) is 4.79 Å². The Labute approximate surface area is 163 Å². The van der Waals surface area contributed by atoms with Crippen molar-refractivity contribution in [1.29, 1.82) is 0 Å². The Balaban J connectivity index is 1.36. The quantitative estimate of drug-likeness (QED) is 0.768. The van der Waals surface area contributed by atoms with Gasteiger partial charge >= 0.3 is 6.18 Å². The maximum atomic E-state index is 12.6. The van der Waals surface area contributed by atoms with Gasteiger partial charge in [0.25, 0.3) is 0 Å². The number of aromatic nitrogens is 1. The second-order valence-corrected chi connectivity index (χ2v) is 7.42. The first-order valence-corrected chi connectivity index (χ1v) is 9.92. The number of nitrogens with zero attached hydrogens (tertiary/aromatic N) is 3. The van der Waals surface area contributed by atoms with Gasteiger partial charge in [-0.15, -0.1) is 0 Å². The van der Waals surface area contributed by atoms with Gasteiger partial charge < -0.3 is 20.4 Å². The fraction of sp³-hybridized carbons (Fsp3) is 0.684. The standard InChI is InChI=1S/C19H28F3N5O/c20-19(21,22)15-3-4-17(24-14-15)25-16-5-10-27(11-6-16)18(28)2-1-9-26-12-7-23-8-13-26/h3-4,14,16,23H,1-2,5-13H2,(H,24,25). The average Bonchev–Trinajstić information content (AvgIpc) is 2.69. The van der Waals surface area contributed by atoms with E-state index in [1.807, 2.05) is 4.90 Å². The van der Waals surface area contributed by atoms with Crippen molar-refractivity contribution in [3.8, 4) is 0 Å². The van der Waals surface area contributed by atoms with E-state index in [4.69, 9.17) is 0 Å². The first-order valence-electron chi connectivity index (χ1n) is 9.92. The van der Waals surface area contributed by atoms with Gasteiger partial charge in [0, 0.05) is 57.9 Å². The lowest BCUT2D eigenvalue weighted by molar-refractivity contribution is -0.137. The van der Waals surface area contributed by atoms with E-state index in [1.54, 1.807) is 0 Å². The number of rotatable bonds is 6. The van der Waals surface area contributed by atoms with Gasteiger partial charge in [0.15, 0.2) is 0 Å². The monoisotopic (exact) mass is 399 g/mol. The molecule has 2 aliphatic heterocycles. The zero-order valence-electron chi connectivity index (χ0n) is 16.0. The Hall–Kier alpha value is -1.87. The SMILES string of the molecule is O=C(CCCN1CCNCC1)N1CCC(Nc2ccc(C(F)(F)F)cn2)CC1. The van der Waals surface area contributed by atoms with Crippen molar-refractivity contribution < 1.29 is 18.0 Å². The van der Waals surface area contributed by atoms with Crippen LogP contribution in [-0.4, -0.2) is 72.5 Å². The summed E-state index contributed by atoms with van der Waals surface area (Å²) in [5.41, 5.74) is -0.751. The van der Waals surface area contributed by atoms with Gasteiger partial charge in [0.05, 0.1) is 5.56 Å². The second kappa shape index (κ2) is 9.56. The molecule has 1 aromatic rings. The van der Waals surface area contributed by atoms with Gasteiger partial charge in [0.1, 0.15) is 5.82 Å². The number of likely N-dealkylation sites (tertiary alicyclic amines) is 1. The fourth-order valence-corrected chi connectivity index (χ4v) is 3.68. The lowest BCUT2D eigenvalue weighted by Crippen LogP contribution is -2.44. The predicted octanol–water partition coefficient (Wildman–Crippen LogP) is 2.19. The number of pyridine rings is 1. The van der Waals surface area contributed by atoms with Crippen LogP contribution in [-0.2, 0) is 11.0 Å². The summed E-state index contributed by atoms with van der Waals surface area (Å²) < 4.78 is 37.8. The molecule has 2 aliphatic rings. The van der Waals surface area contributed by atoms with Crippen molar-refractivity contribution in [2.75, 3.05) is 51.1 Å². The van der Waals surface area contributed by atoms with Crippen LogP contribution < -0.4 is 10.6 Å². The van der Waals surface area contributed by atoms with Crippen LogP contribution in [0.2, 0.25) is 0 Å². The summed E-state index contributed by atoms with van der Waals surface area (Å²) in [6, 6.07) is 2.51. The molecule has 0 atom stereocenters. The number of hydrogen-bond donors (Lipinski definition) is 2. The second-order valence-electron chi connectivity index (χ2n) is 7.42. The highest BCUT2D eigenvalue weighted by Crippen LogP contribution is 2.29. The van der Waals surface area contributed by atoms with E-state index in [9.17, 15) is 18.0 Å². The predicted molar refractivity (Wildman–Crippen MR) is 101 cm³/mol. The zero-order chi connectivity index (χ0) is 20.0. The third kappa shape index (κ3) is 6.07. The van der Waals surface area contributed by atoms with Gasteiger partial charge in [-0.25, -0.2) is 4.98 Å². The molecule has 0 spiro atoms. The Kier molecular flexibility index (Phi) is 7.12. The van der Waals surface area contributed by atoms with Gasteiger partial charge in [-0.2, -0.15) is 13.2 Å². The molecule has 2 saturated heterocycles. The van der Waals surface area contributed by atoms with Gasteiger partial charge in [-0.05, 0) is 37.9 Å². The number of alkyl halides is 3. The number of anilines is 1. The maximum Gasteiger partial charge on any atom is 0.417 e. The summed E-state index contributed by atoms with van der Waals surface area (Å²) in [5.74, 6) is 0.634. The van der Waals surface area contributed by atoms with Crippen LogP contribution in [0.5, 0.6) is 0 Å². The van der Waals surface area contributed by atoms with Crippen LogP contribution in [0.15, 0.2) is 18.3 Å². The lowest BCUT2D eigenvalue weighted by atomic mass is 10.0. The van der Waals surface area contributed by atoms with E-state index < -0.39 is 11.7 Å². The van der Waals surface area contributed by atoms with E-state index in [0.29, 0.717) is 25.3 Å². The molecule has 6 nitrogen and oxygen atoms in total. The van der Waals surface area contributed by atoms with Crippen molar-refractivity contribution in [3.05, 3.63) is 23.9 Å².